The molecule has 0 radical (unpaired) electrons. The molecule has 0 atom stereocenters. The van der Waals surface area contributed by atoms with Crippen LogP contribution in [0.2, 0.25) is 0 Å². The van der Waals surface area contributed by atoms with Gasteiger partial charge in [0.15, 0.2) is 0 Å². The fourth-order valence-corrected chi connectivity index (χ4v) is 0.520. The third-order valence-electron chi connectivity index (χ3n) is 1.18. The van der Waals surface area contributed by atoms with Crippen LogP contribution in [0.15, 0.2) is 0 Å². The van der Waals surface area contributed by atoms with Crippen molar-refractivity contribution in [1.82, 2.24) is 0 Å². The maximum absolute atomic E-state index is 8.03. The van der Waals surface area contributed by atoms with Crippen LogP contribution in [0.3, 0.4) is 0 Å². The summed E-state index contributed by atoms with van der Waals surface area (Å²) in [6, 6.07) is 7.73. The van der Waals surface area contributed by atoms with Gasteiger partial charge in [0.1, 0.15) is 0 Å². The SMILES string of the molecule is N#CCCC#N.N#CCCCCC#N. The van der Waals surface area contributed by atoms with Gasteiger partial charge in [-0.1, -0.05) is 0 Å². The minimum absolute atomic E-state index is 0.358. The molecular formula is C10H12N4. The number of nitrogens with zero attached hydrogens (tertiary/aromatic N) is 4. The van der Waals surface area contributed by atoms with E-state index in [1.807, 2.05) is 24.3 Å². The molecule has 0 N–H and O–H groups in total. The zero-order chi connectivity index (χ0) is 11.1. The van der Waals surface area contributed by atoms with E-state index in [9.17, 15) is 0 Å². The lowest BCUT2D eigenvalue weighted by atomic mass is 10.2. The quantitative estimate of drug-likeness (QED) is 0.633. The molecule has 0 bridgehead atoms. The van der Waals surface area contributed by atoms with Crippen LogP contribution in [0.4, 0.5) is 0 Å². The van der Waals surface area contributed by atoms with Crippen molar-refractivity contribution in [2.45, 2.75) is 38.5 Å². The largest absolute Gasteiger partial charge is 0.198 e. The molecule has 14 heavy (non-hydrogen) atoms. The van der Waals surface area contributed by atoms with Gasteiger partial charge < -0.3 is 0 Å². The van der Waals surface area contributed by atoms with E-state index in [0.717, 1.165) is 12.8 Å². The van der Waals surface area contributed by atoms with Crippen molar-refractivity contribution in [1.29, 1.82) is 21.0 Å². The van der Waals surface area contributed by atoms with Gasteiger partial charge in [-0.2, -0.15) is 21.0 Å². The molecule has 0 aliphatic heterocycles. The number of nitriles is 4. The van der Waals surface area contributed by atoms with Crippen molar-refractivity contribution >= 4 is 0 Å². The molecule has 0 aromatic rings. The normalized spacial score (nSPS) is 6.57. The van der Waals surface area contributed by atoms with Crippen LogP contribution in [0.5, 0.6) is 0 Å². The van der Waals surface area contributed by atoms with Gasteiger partial charge in [-0.05, 0) is 12.8 Å². The Morgan fingerprint density at radius 2 is 0.786 bits per heavy atom. The average molecular weight is 188 g/mol. The molecule has 0 aliphatic carbocycles. The second kappa shape index (κ2) is 17.2. The Morgan fingerprint density at radius 3 is 1.00 bits per heavy atom. The van der Waals surface area contributed by atoms with Crippen molar-refractivity contribution in [3.8, 4) is 24.3 Å². The Bertz CT molecular complexity index is 238. The van der Waals surface area contributed by atoms with Crippen molar-refractivity contribution in [2.75, 3.05) is 0 Å². The molecule has 0 unspecified atom stereocenters. The second-order valence-corrected chi connectivity index (χ2v) is 2.34. The molecule has 0 saturated carbocycles. The standard InChI is InChI=1S/C6H8N2.C4H4N2/c7-5-3-1-2-4-6-8;5-3-1-2-4-6/h1-4H2;1-2H2. The first-order chi connectivity index (χ1) is 6.83. The molecule has 0 rings (SSSR count). The molecule has 0 aromatic carbocycles. The molecule has 0 spiro atoms. The highest BCUT2D eigenvalue weighted by molar-refractivity contribution is 4.78. The molecule has 4 heteroatoms. The van der Waals surface area contributed by atoms with E-state index < -0.39 is 0 Å². The van der Waals surface area contributed by atoms with Crippen molar-refractivity contribution < 1.29 is 0 Å². The number of hydrogen-bond acceptors (Lipinski definition) is 4. The smallest absolute Gasteiger partial charge is 0.0632 e. The lowest BCUT2D eigenvalue weighted by Crippen LogP contribution is -1.70. The van der Waals surface area contributed by atoms with Gasteiger partial charge in [0.25, 0.3) is 0 Å². The summed E-state index contributed by atoms with van der Waals surface area (Å²) in [7, 11) is 0. The third kappa shape index (κ3) is 22.5. The summed E-state index contributed by atoms with van der Waals surface area (Å²) in [6.45, 7) is 0. The summed E-state index contributed by atoms with van der Waals surface area (Å²) in [5.74, 6) is 0. The lowest BCUT2D eigenvalue weighted by molar-refractivity contribution is 0.773. The van der Waals surface area contributed by atoms with Gasteiger partial charge in [-0.15, -0.1) is 0 Å². The van der Waals surface area contributed by atoms with Gasteiger partial charge in [0, 0.05) is 25.7 Å². The highest BCUT2D eigenvalue weighted by Crippen LogP contribution is 1.95. The molecule has 72 valence electrons. The fourth-order valence-electron chi connectivity index (χ4n) is 0.520. The first kappa shape index (κ1) is 14.5. The predicted octanol–water partition coefficient (Wildman–Crippen LogP) is 2.41. The minimum Gasteiger partial charge on any atom is -0.198 e. The Hall–Kier alpha value is -2.04. The Balaban J connectivity index is 0. The van der Waals surface area contributed by atoms with Crippen LogP contribution in [0.25, 0.3) is 0 Å². The summed E-state index contributed by atoms with van der Waals surface area (Å²) in [6.07, 6.45) is 3.62. The summed E-state index contributed by atoms with van der Waals surface area (Å²) in [5, 5.41) is 31.7. The molecule has 0 aliphatic rings. The molecule has 0 aromatic heterocycles. The Morgan fingerprint density at radius 1 is 0.500 bits per heavy atom. The average Bonchev–Trinajstić information content (AvgIpc) is 2.22. The summed E-state index contributed by atoms with van der Waals surface area (Å²) < 4.78 is 0. The monoisotopic (exact) mass is 188 g/mol. The molecule has 0 saturated heterocycles. The zero-order valence-corrected chi connectivity index (χ0v) is 8.03. The van der Waals surface area contributed by atoms with E-state index in [4.69, 9.17) is 21.0 Å². The van der Waals surface area contributed by atoms with E-state index in [-0.39, 0.29) is 0 Å². The van der Waals surface area contributed by atoms with Crippen LogP contribution in [-0.4, -0.2) is 0 Å². The zero-order valence-electron chi connectivity index (χ0n) is 8.03. The highest BCUT2D eigenvalue weighted by atomic mass is 14.2. The number of rotatable bonds is 4. The molecular weight excluding hydrogens is 176 g/mol. The molecule has 0 amide bonds. The Labute approximate surface area is 84.6 Å². The van der Waals surface area contributed by atoms with Crippen LogP contribution in [0.1, 0.15) is 38.5 Å². The van der Waals surface area contributed by atoms with E-state index in [1.165, 1.54) is 0 Å². The van der Waals surface area contributed by atoms with E-state index >= 15 is 0 Å². The van der Waals surface area contributed by atoms with Crippen molar-refractivity contribution in [2.24, 2.45) is 0 Å². The maximum Gasteiger partial charge on any atom is 0.0632 e. The summed E-state index contributed by atoms with van der Waals surface area (Å²) in [5.41, 5.74) is 0. The predicted molar refractivity (Wildman–Crippen MR) is 50.2 cm³/mol. The van der Waals surface area contributed by atoms with Gasteiger partial charge in [-0.25, -0.2) is 0 Å². The van der Waals surface area contributed by atoms with E-state index in [2.05, 4.69) is 0 Å². The minimum atomic E-state index is 0.358. The highest BCUT2D eigenvalue weighted by Gasteiger charge is 1.83. The molecule has 4 nitrogen and oxygen atoms in total. The van der Waals surface area contributed by atoms with Crippen LogP contribution in [-0.2, 0) is 0 Å². The van der Waals surface area contributed by atoms with Gasteiger partial charge in [0.05, 0.1) is 24.3 Å². The van der Waals surface area contributed by atoms with Crippen LogP contribution in [0, 0.1) is 45.3 Å². The summed E-state index contributed by atoms with van der Waals surface area (Å²) >= 11 is 0. The van der Waals surface area contributed by atoms with Gasteiger partial charge in [0.2, 0.25) is 0 Å². The molecule has 0 fully saturated rings. The second-order valence-electron chi connectivity index (χ2n) is 2.34. The van der Waals surface area contributed by atoms with Crippen molar-refractivity contribution in [3.63, 3.8) is 0 Å². The third-order valence-corrected chi connectivity index (χ3v) is 1.18. The topological polar surface area (TPSA) is 95.2 Å². The van der Waals surface area contributed by atoms with Crippen molar-refractivity contribution in [3.05, 3.63) is 0 Å². The van der Waals surface area contributed by atoms with E-state index in [1.54, 1.807) is 0 Å². The summed E-state index contributed by atoms with van der Waals surface area (Å²) in [4.78, 5) is 0. The van der Waals surface area contributed by atoms with Crippen LogP contribution < -0.4 is 0 Å². The first-order valence-electron chi connectivity index (χ1n) is 4.31. The van der Waals surface area contributed by atoms with Crippen LogP contribution >= 0.6 is 0 Å². The number of unbranched alkanes of at least 4 members (excludes halogenated alkanes) is 4. The first-order valence-corrected chi connectivity index (χ1v) is 4.31. The Kier molecular flexibility index (Phi) is 17.8. The number of hydrogen-bond donors (Lipinski definition) is 0. The maximum atomic E-state index is 8.03. The molecule has 0 heterocycles. The lowest BCUT2D eigenvalue weighted by Gasteiger charge is -1.83. The van der Waals surface area contributed by atoms with E-state index in [0.29, 0.717) is 25.7 Å². The van der Waals surface area contributed by atoms with Gasteiger partial charge >= 0.3 is 0 Å². The van der Waals surface area contributed by atoms with Gasteiger partial charge in [-0.3, -0.25) is 0 Å². The fraction of sp³-hybridized carbons (Fsp3) is 0.600.